The normalized spacial score (nSPS) is 9.58. The Hall–Kier alpha value is -1.70. The summed E-state index contributed by atoms with van der Waals surface area (Å²) < 4.78 is 5.71. The lowest BCUT2D eigenvalue weighted by molar-refractivity contribution is 0.322. The summed E-state index contributed by atoms with van der Waals surface area (Å²) in [4.78, 5) is 0. The zero-order valence-electron chi connectivity index (χ0n) is 11.1. The minimum atomic E-state index is 0. The molecule has 19 heavy (non-hydrogen) atoms. The monoisotopic (exact) mass is 254 g/mol. The first kappa shape index (κ1) is 15.4. The van der Waals surface area contributed by atoms with Crippen molar-refractivity contribution in [3.05, 3.63) is 60.2 Å². The number of benzene rings is 2. The number of rotatable bonds is 5. The Labute approximate surface area is 117 Å². The smallest absolute Gasteiger partial charge is 0.169 e. The molecule has 2 aromatic carbocycles. The second kappa shape index (κ2) is 7.68. The minimum Gasteiger partial charge on any atom is -0.493 e. The van der Waals surface area contributed by atoms with Crippen molar-refractivity contribution in [2.45, 2.75) is 27.5 Å². The lowest BCUT2D eigenvalue weighted by atomic mass is 9.49. The lowest BCUT2D eigenvalue weighted by Gasteiger charge is -2.08. The Morgan fingerprint density at radius 1 is 0.947 bits per heavy atom. The van der Waals surface area contributed by atoms with Crippen LogP contribution in [-0.4, -0.2) is 13.3 Å². The average molecular weight is 254 g/mol. The number of ether oxygens (including phenoxy) is 1. The number of para-hydroxylation sites is 1. The summed E-state index contributed by atoms with van der Waals surface area (Å²) in [5.74, 6) is 0.942. The maximum atomic E-state index is 5.71. The van der Waals surface area contributed by atoms with Crippen molar-refractivity contribution in [2.24, 2.45) is 0 Å². The zero-order chi connectivity index (χ0) is 12.8. The number of hydrogen-bond acceptors (Lipinski definition) is 1. The van der Waals surface area contributed by atoms with E-state index < -0.39 is 0 Å². The van der Waals surface area contributed by atoms with Crippen molar-refractivity contribution in [1.82, 2.24) is 0 Å². The molecule has 0 aromatic heterocycles. The van der Waals surface area contributed by atoms with Crippen molar-refractivity contribution < 1.29 is 4.74 Å². The highest BCUT2D eigenvalue weighted by Crippen LogP contribution is 2.09. The number of hydrogen-bond donors (Lipinski definition) is 0. The van der Waals surface area contributed by atoms with Gasteiger partial charge in [-0.15, -0.1) is 0 Å². The van der Waals surface area contributed by atoms with Crippen LogP contribution in [0.4, 0.5) is 0 Å². The van der Waals surface area contributed by atoms with E-state index in [4.69, 9.17) is 4.74 Å². The molecule has 2 rings (SSSR count). The van der Waals surface area contributed by atoms with Crippen LogP contribution < -0.4 is 10.2 Å². The van der Waals surface area contributed by atoms with Crippen LogP contribution >= 0.6 is 0 Å². The summed E-state index contributed by atoms with van der Waals surface area (Å²) in [5.41, 5.74) is 2.74. The van der Waals surface area contributed by atoms with Crippen molar-refractivity contribution >= 4 is 12.2 Å². The van der Waals surface area contributed by atoms with Gasteiger partial charge in [-0.2, -0.15) is 0 Å². The average Bonchev–Trinajstić information content (AvgIpc) is 2.40. The molecule has 0 N–H and O–H groups in total. The minimum absolute atomic E-state index is 0. The standard InChI is InChI=1S/C16H19BO.CH4/c1-17(2)15-8-6-7-14(13-15)11-12-18-16-9-4-3-5-10-16;/h3-10,13H,11-12H2,1-2H3;1H4. The summed E-state index contributed by atoms with van der Waals surface area (Å²) in [6.45, 7) is 5.75. The van der Waals surface area contributed by atoms with Crippen molar-refractivity contribution in [3.8, 4) is 5.75 Å². The third-order valence-corrected chi connectivity index (χ3v) is 3.02. The predicted molar refractivity (Wildman–Crippen MR) is 85.9 cm³/mol. The molecule has 0 atom stereocenters. The molecular weight excluding hydrogens is 231 g/mol. The Bertz CT molecular complexity index is 480. The fourth-order valence-electron chi connectivity index (χ4n) is 1.91. The molecule has 0 radical (unpaired) electrons. The molecule has 0 fully saturated rings. The van der Waals surface area contributed by atoms with Crippen LogP contribution in [0.1, 0.15) is 13.0 Å². The molecule has 0 bridgehead atoms. The van der Waals surface area contributed by atoms with Gasteiger partial charge in [0.25, 0.3) is 0 Å². The molecule has 0 amide bonds. The van der Waals surface area contributed by atoms with Gasteiger partial charge < -0.3 is 4.74 Å². The molecule has 2 aromatic rings. The largest absolute Gasteiger partial charge is 0.493 e. The van der Waals surface area contributed by atoms with Gasteiger partial charge in [0.1, 0.15) is 5.75 Å². The van der Waals surface area contributed by atoms with E-state index in [-0.39, 0.29) is 7.43 Å². The van der Waals surface area contributed by atoms with E-state index in [1.807, 2.05) is 30.3 Å². The highest BCUT2D eigenvalue weighted by Gasteiger charge is 2.03. The van der Waals surface area contributed by atoms with Crippen LogP contribution in [0.3, 0.4) is 0 Å². The molecule has 0 spiro atoms. The van der Waals surface area contributed by atoms with Gasteiger partial charge in [-0.05, 0) is 17.7 Å². The van der Waals surface area contributed by atoms with Gasteiger partial charge in [0.05, 0.1) is 6.61 Å². The van der Waals surface area contributed by atoms with E-state index in [0.717, 1.165) is 18.8 Å². The highest BCUT2D eigenvalue weighted by molar-refractivity contribution is 6.70. The molecule has 1 nitrogen and oxygen atoms in total. The summed E-state index contributed by atoms with van der Waals surface area (Å²) >= 11 is 0. The molecule has 0 aliphatic heterocycles. The topological polar surface area (TPSA) is 9.23 Å². The molecule has 0 unspecified atom stereocenters. The Kier molecular flexibility index (Phi) is 6.21. The van der Waals surface area contributed by atoms with E-state index in [1.165, 1.54) is 11.0 Å². The van der Waals surface area contributed by atoms with Crippen LogP contribution in [0.5, 0.6) is 5.75 Å². The van der Waals surface area contributed by atoms with Crippen LogP contribution in [0.15, 0.2) is 54.6 Å². The molecule has 100 valence electrons. The van der Waals surface area contributed by atoms with Gasteiger partial charge >= 0.3 is 0 Å². The third-order valence-electron chi connectivity index (χ3n) is 3.02. The summed E-state index contributed by atoms with van der Waals surface area (Å²) in [6, 6.07) is 18.7. The van der Waals surface area contributed by atoms with Crippen LogP contribution in [0, 0.1) is 0 Å². The van der Waals surface area contributed by atoms with E-state index in [2.05, 4.69) is 37.9 Å². The van der Waals surface area contributed by atoms with Gasteiger partial charge in [-0.25, -0.2) is 0 Å². The van der Waals surface area contributed by atoms with Gasteiger partial charge in [0.15, 0.2) is 6.71 Å². The molecule has 0 aliphatic rings. The van der Waals surface area contributed by atoms with Crippen LogP contribution in [0.2, 0.25) is 13.6 Å². The predicted octanol–water partition coefficient (Wildman–Crippen LogP) is 3.91. The first-order chi connectivity index (χ1) is 8.75. The zero-order valence-corrected chi connectivity index (χ0v) is 11.1. The third kappa shape index (κ3) is 4.82. The molecule has 2 heteroatoms. The van der Waals surface area contributed by atoms with E-state index in [1.54, 1.807) is 0 Å². The highest BCUT2D eigenvalue weighted by atomic mass is 16.5. The maximum absolute atomic E-state index is 5.71. The summed E-state index contributed by atoms with van der Waals surface area (Å²) in [7, 11) is 0. The van der Waals surface area contributed by atoms with Gasteiger partial charge in [0, 0.05) is 6.42 Å². The SMILES string of the molecule is C.CB(C)c1cccc(CCOc2ccccc2)c1. The molecule has 0 saturated heterocycles. The van der Waals surface area contributed by atoms with Gasteiger partial charge in [-0.3, -0.25) is 0 Å². The Morgan fingerprint density at radius 2 is 1.68 bits per heavy atom. The van der Waals surface area contributed by atoms with E-state index >= 15 is 0 Å². The van der Waals surface area contributed by atoms with Gasteiger partial charge in [0.2, 0.25) is 0 Å². The van der Waals surface area contributed by atoms with E-state index in [0.29, 0.717) is 6.71 Å². The van der Waals surface area contributed by atoms with Gasteiger partial charge in [-0.1, -0.05) is 69.0 Å². The van der Waals surface area contributed by atoms with Crippen molar-refractivity contribution in [3.63, 3.8) is 0 Å². The summed E-state index contributed by atoms with van der Waals surface area (Å²) in [5, 5.41) is 0. The quantitative estimate of drug-likeness (QED) is 0.735. The second-order valence-corrected chi connectivity index (χ2v) is 4.81. The molecule has 0 heterocycles. The van der Waals surface area contributed by atoms with Crippen molar-refractivity contribution in [1.29, 1.82) is 0 Å². The fourth-order valence-corrected chi connectivity index (χ4v) is 1.91. The van der Waals surface area contributed by atoms with Crippen molar-refractivity contribution in [2.75, 3.05) is 6.61 Å². The first-order valence-corrected chi connectivity index (χ1v) is 6.52. The Balaban J connectivity index is 0.00000180. The lowest BCUT2D eigenvalue weighted by Crippen LogP contribution is -2.22. The fraction of sp³-hybridized carbons (Fsp3) is 0.294. The maximum Gasteiger partial charge on any atom is 0.169 e. The second-order valence-electron chi connectivity index (χ2n) is 4.81. The van der Waals surface area contributed by atoms with E-state index in [9.17, 15) is 0 Å². The first-order valence-electron chi connectivity index (χ1n) is 6.52. The molecular formula is C17H23BO. The molecule has 0 saturated carbocycles. The van der Waals surface area contributed by atoms with Crippen LogP contribution in [-0.2, 0) is 6.42 Å². The van der Waals surface area contributed by atoms with Crippen LogP contribution in [0.25, 0.3) is 0 Å². The summed E-state index contributed by atoms with van der Waals surface area (Å²) in [6.07, 6.45) is 0.954. The molecule has 0 aliphatic carbocycles. The Morgan fingerprint density at radius 3 is 2.37 bits per heavy atom.